The molecule has 0 radical (unpaired) electrons. The molecule has 0 amide bonds. The van der Waals surface area contributed by atoms with Gasteiger partial charge in [-0.1, -0.05) is 0 Å². The Hall–Kier alpha value is -1.64. The maximum absolute atomic E-state index is 4.03. The summed E-state index contributed by atoms with van der Waals surface area (Å²) in [6, 6.07) is 3.92. The zero-order valence-electron chi connectivity index (χ0n) is 6.78. The summed E-state index contributed by atoms with van der Waals surface area (Å²) >= 11 is 0. The van der Waals surface area contributed by atoms with Crippen LogP contribution in [0.1, 0.15) is 5.56 Å². The number of aromatic amines is 1. The monoisotopic (exact) mass is 159 g/mol. The van der Waals surface area contributed by atoms with Gasteiger partial charge in [-0.15, -0.1) is 0 Å². The van der Waals surface area contributed by atoms with Crippen molar-refractivity contribution in [2.75, 3.05) is 0 Å². The highest BCUT2D eigenvalue weighted by atomic mass is 15.1. The van der Waals surface area contributed by atoms with Crippen molar-refractivity contribution in [2.24, 2.45) is 0 Å². The molecule has 2 aromatic rings. The van der Waals surface area contributed by atoms with Crippen LogP contribution in [-0.4, -0.2) is 15.2 Å². The minimum absolute atomic E-state index is 1.04. The van der Waals surface area contributed by atoms with Gasteiger partial charge in [-0.3, -0.25) is 10.1 Å². The van der Waals surface area contributed by atoms with E-state index < -0.39 is 0 Å². The van der Waals surface area contributed by atoms with Crippen molar-refractivity contribution >= 4 is 0 Å². The van der Waals surface area contributed by atoms with Crippen LogP contribution in [0.3, 0.4) is 0 Å². The van der Waals surface area contributed by atoms with Crippen LogP contribution in [0.15, 0.2) is 30.7 Å². The summed E-state index contributed by atoms with van der Waals surface area (Å²) in [6.45, 7) is 2.02. The van der Waals surface area contributed by atoms with Gasteiger partial charge >= 0.3 is 0 Å². The van der Waals surface area contributed by atoms with Gasteiger partial charge < -0.3 is 0 Å². The third kappa shape index (κ3) is 1.09. The highest BCUT2D eigenvalue weighted by Gasteiger charge is 2.01. The lowest BCUT2D eigenvalue weighted by molar-refractivity contribution is 1.09. The van der Waals surface area contributed by atoms with Crippen molar-refractivity contribution in [1.82, 2.24) is 15.2 Å². The molecule has 0 saturated heterocycles. The van der Waals surface area contributed by atoms with Gasteiger partial charge in [0.15, 0.2) is 0 Å². The van der Waals surface area contributed by atoms with E-state index in [-0.39, 0.29) is 0 Å². The quantitative estimate of drug-likeness (QED) is 0.689. The van der Waals surface area contributed by atoms with Gasteiger partial charge in [-0.25, -0.2) is 0 Å². The summed E-state index contributed by atoms with van der Waals surface area (Å²) in [6.07, 6.45) is 5.39. The molecule has 2 rings (SSSR count). The van der Waals surface area contributed by atoms with Gasteiger partial charge in [-0.05, 0) is 24.6 Å². The number of hydrogen-bond acceptors (Lipinski definition) is 2. The second-order valence-electron chi connectivity index (χ2n) is 2.67. The highest BCUT2D eigenvalue weighted by Crippen LogP contribution is 2.17. The van der Waals surface area contributed by atoms with Crippen LogP contribution in [0.5, 0.6) is 0 Å². The Kier molecular flexibility index (Phi) is 1.63. The van der Waals surface area contributed by atoms with Gasteiger partial charge in [0, 0.05) is 18.0 Å². The summed E-state index contributed by atoms with van der Waals surface area (Å²) in [5.41, 5.74) is 3.26. The Morgan fingerprint density at radius 2 is 2.25 bits per heavy atom. The average Bonchev–Trinajstić information content (AvgIpc) is 2.53. The molecule has 3 heteroatoms. The predicted molar refractivity (Wildman–Crippen MR) is 46.6 cm³/mol. The molecular formula is C9H9N3. The summed E-state index contributed by atoms with van der Waals surface area (Å²) in [5, 5.41) is 6.88. The number of aryl methyl sites for hydroxylation is 1. The molecule has 0 spiro atoms. The summed E-state index contributed by atoms with van der Waals surface area (Å²) in [4.78, 5) is 4.03. The summed E-state index contributed by atoms with van der Waals surface area (Å²) in [7, 11) is 0. The van der Waals surface area contributed by atoms with Gasteiger partial charge in [0.2, 0.25) is 0 Å². The summed E-state index contributed by atoms with van der Waals surface area (Å²) in [5.74, 6) is 0. The van der Waals surface area contributed by atoms with Crippen molar-refractivity contribution in [2.45, 2.75) is 6.92 Å². The number of hydrogen-bond donors (Lipinski definition) is 1. The van der Waals surface area contributed by atoms with E-state index >= 15 is 0 Å². The second-order valence-corrected chi connectivity index (χ2v) is 2.67. The van der Waals surface area contributed by atoms with E-state index in [0.29, 0.717) is 0 Å². The Bertz CT molecular complexity index is 364. The number of rotatable bonds is 1. The average molecular weight is 159 g/mol. The lowest BCUT2D eigenvalue weighted by Gasteiger charge is -1.96. The van der Waals surface area contributed by atoms with Gasteiger partial charge in [0.05, 0.1) is 11.9 Å². The van der Waals surface area contributed by atoms with Crippen LogP contribution in [0, 0.1) is 6.92 Å². The molecule has 60 valence electrons. The molecule has 0 saturated carbocycles. The Morgan fingerprint density at radius 1 is 1.33 bits per heavy atom. The molecule has 3 nitrogen and oxygen atoms in total. The van der Waals surface area contributed by atoms with Crippen LogP contribution in [0.4, 0.5) is 0 Å². The van der Waals surface area contributed by atoms with Crippen LogP contribution in [0.25, 0.3) is 11.3 Å². The maximum atomic E-state index is 4.03. The molecule has 2 heterocycles. The number of pyridine rings is 1. The SMILES string of the molecule is Cc1cn[nH]c1-c1cccnc1. The van der Waals surface area contributed by atoms with Crippen molar-refractivity contribution < 1.29 is 0 Å². The maximum Gasteiger partial charge on any atom is 0.0694 e. The molecule has 0 atom stereocenters. The van der Waals surface area contributed by atoms with Gasteiger partial charge in [0.25, 0.3) is 0 Å². The second kappa shape index (κ2) is 2.77. The third-order valence-corrected chi connectivity index (χ3v) is 1.78. The van der Waals surface area contributed by atoms with E-state index in [1.54, 1.807) is 6.20 Å². The fourth-order valence-electron chi connectivity index (χ4n) is 1.15. The fourth-order valence-corrected chi connectivity index (χ4v) is 1.15. The largest absolute Gasteiger partial charge is 0.278 e. The van der Waals surface area contributed by atoms with E-state index in [1.165, 1.54) is 0 Å². The number of nitrogens with one attached hydrogen (secondary N) is 1. The van der Waals surface area contributed by atoms with E-state index in [1.807, 2.05) is 31.5 Å². The first-order valence-electron chi connectivity index (χ1n) is 3.78. The van der Waals surface area contributed by atoms with E-state index in [4.69, 9.17) is 0 Å². The van der Waals surface area contributed by atoms with Crippen molar-refractivity contribution in [3.63, 3.8) is 0 Å². The fraction of sp³-hybridized carbons (Fsp3) is 0.111. The number of H-pyrrole nitrogens is 1. The summed E-state index contributed by atoms with van der Waals surface area (Å²) < 4.78 is 0. The molecule has 0 aliphatic rings. The van der Waals surface area contributed by atoms with Crippen molar-refractivity contribution in [1.29, 1.82) is 0 Å². The molecule has 0 aliphatic carbocycles. The van der Waals surface area contributed by atoms with Crippen LogP contribution in [-0.2, 0) is 0 Å². The Morgan fingerprint density at radius 3 is 2.83 bits per heavy atom. The lowest BCUT2D eigenvalue weighted by atomic mass is 10.1. The normalized spacial score (nSPS) is 10.1. The molecule has 0 aromatic carbocycles. The molecular weight excluding hydrogens is 150 g/mol. The van der Waals surface area contributed by atoms with Crippen LogP contribution < -0.4 is 0 Å². The molecule has 0 bridgehead atoms. The van der Waals surface area contributed by atoms with E-state index in [0.717, 1.165) is 16.8 Å². The predicted octanol–water partition coefficient (Wildman–Crippen LogP) is 1.78. The number of nitrogens with zero attached hydrogens (tertiary/aromatic N) is 2. The standard InChI is InChI=1S/C9H9N3/c1-7-5-11-12-9(7)8-3-2-4-10-6-8/h2-6H,1H3,(H,11,12). The molecule has 0 fully saturated rings. The zero-order chi connectivity index (χ0) is 8.39. The van der Waals surface area contributed by atoms with E-state index in [9.17, 15) is 0 Å². The van der Waals surface area contributed by atoms with Crippen molar-refractivity contribution in [3.8, 4) is 11.3 Å². The smallest absolute Gasteiger partial charge is 0.0694 e. The van der Waals surface area contributed by atoms with Crippen LogP contribution in [0.2, 0.25) is 0 Å². The number of aromatic nitrogens is 3. The Labute approximate surface area is 70.5 Å². The first-order valence-corrected chi connectivity index (χ1v) is 3.78. The lowest BCUT2D eigenvalue weighted by Crippen LogP contribution is -1.81. The topological polar surface area (TPSA) is 41.6 Å². The molecule has 12 heavy (non-hydrogen) atoms. The minimum atomic E-state index is 1.04. The van der Waals surface area contributed by atoms with Gasteiger partial charge in [0.1, 0.15) is 0 Å². The highest BCUT2D eigenvalue weighted by molar-refractivity contribution is 5.60. The first kappa shape index (κ1) is 7.03. The van der Waals surface area contributed by atoms with Gasteiger partial charge in [-0.2, -0.15) is 5.10 Å². The molecule has 1 N–H and O–H groups in total. The van der Waals surface area contributed by atoms with Crippen LogP contribution >= 0.6 is 0 Å². The Balaban J connectivity index is 2.51. The molecule has 0 aliphatic heterocycles. The van der Waals surface area contributed by atoms with E-state index in [2.05, 4.69) is 15.2 Å². The third-order valence-electron chi connectivity index (χ3n) is 1.78. The van der Waals surface area contributed by atoms with Crippen molar-refractivity contribution in [3.05, 3.63) is 36.3 Å². The minimum Gasteiger partial charge on any atom is -0.278 e. The first-order chi connectivity index (χ1) is 5.88. The zero-order valence-corrected chi connectivity index (χ0v) is 6.78. The molecule has 2 aromatic heterocycles. The molecule has 0 unspecified atom stereocenters.